The molecule has 88 valence electrons. The fraction of sp³-hybridized carbons (Fsp3) is 0.250. The van der Waals surface area contributed by atoms with Crippen LogP contribution < -0.4 is 0 Å². The molecule has 16 heavy (non-hydrogen) atoms. The van der Waals surface area contributed by atoms with Crippen LogP contribution in [-0.4, -0.2) is 4.92 Å². The summed E-state index contributed by atoms with van der Waals surface area (Å²) >= 11 is 10.6. The molecule has 0 unspecified atom stereocenters. The summed E-state index contributed by atoms with van der Waals surface area (Å²) in [7, 11) is 0. The third-order valence-electron chi connectivity index (χ3n) is 1.80. The standard InChI is InChI=1S/C8H4Cl2F3NO2/c9-7(10)6-4(8(11,12)13)2-1-3-5(6)14(15)16/h1-3,7H. The third-order valence-corrected chi connectivity index (χ3v) is 2.24. The van der Waals surface area contributed by atoms with Gasteiger partial charge in [-0.1, -0.05) is 29.3 Å². The summed E-state index contributed by atoms with van der Waals surface area (Å²) in [6.07, 6.45) is -4.73. The first-order valence-electron chi connectivity index (χ1n) is 3.87. The lowest BCUT2D eigenvalue weighted by molar-refractivity contribution is -0.385. The van der Waals surface area contributed by atoms with Gasteiger partial charge in [0.25, 0.3) is 5.69 Å². The van der Waals surface area contributed by atoms with Crippen LogP contribution in [0, 0.1) is 10.1 Å². The van der Waals surface area contributed by atoms with Crippen molar-refractivity contribution in [3.63, 3.8) is 0 Å². The molecule has 0 amide bonds. The maximum Gasteiger partial charge on any atom is 0.417 e. The van der Waals surface area contributed by atoms with Crippen LogP contribution in [0.1, 0.15) is 16.0 Å². The highest BCUT2D eigenvalue weighted by Crippen LogP contribution is 2.42. The summed E-state index contributed by atoms with van der Waals surface area (Å²) < 4.78 is 37.5. The minimum atomic E-state index is -4.73. The second-order valence-electron chi connectivity index (χ2n) is 2.79. The van der Waals surface area contributed by atoms with E-state index in [1.54, 1.807) is 0 Å². The number of nitro benzene ring substituents is 1. The first-order valence-corrected chi connectivity index (χ1v) is 4.75. The van der Waals surface area contributed by atoms with Gasteiger partial charge in [0, 0.05) is 6.07 Å². The molecule has 8 heteroatoms. The maximum atomic E-state index is 12.5. The molecule has 1 aromatic carbocycles. The number of halogens is 5. The Bertz CT molecular complexity index is 420. The lowest BCUT2D eigenvalue weighted by atomic mass is 10.1. The van der Waals surface area contributed by atoms with Gasteiger partial charge in [0.1, 0.15) is 4.84 Å². The summed E-state index contributed by atoms with van der Waals surface area (Å²) in [5, 5.41) is 10.5. The quantitative estimate of drug-likeness (QED) is 0.463. The Labute approximate surface area is 97.9 Å². The Morgan fingerprint density at radius 1 is 1.31 bits per heavy atom. The summed E-state index contributed by atoms with van der Waals surface area (Å²) in [5.41, 5.74) is -2.68. The topological polar surface area (TPSA) is 43.1 Å². The minimum Gasteiger partial charge on any atom is -0.258 e. The average molecular weight is 274 g/mol. The Morgan fingerprint density at radius 2 is 1.88 bits per heavy atom. The molecule has 3 nitrogen and oxygen atoms in total. The van der Waals surface area contributed by atoms with Crippen molar-refractivity contribution in [1.82, 2.24) is 0 Å². The lowest BCUT2D eigenvalue weighted by Gasteiger charge is -2.13. The zero-order chi connectivity index (χ0) is 12.5. The van der Waals surface area contributed by atoms with Gasteiger partial charge in [-0.05, 0) is 6.07 Å². The summed E-state index contributed by atoms with van der Waals surface area (Å²) in [4.78, 5) is 7.96. The first-order chi connectivity index (χ1) is 7.25. The molecule has 0 fully saturated rings. The molecule has 0 heterocycles. The molecule has 0 saturated carbocycles. The summed E-state index contributed by atoms with van der Waals surface area (Å²) in [5.74, 6) is 0. The van der Waals surface area contributed by atoms with Crippen molar-refractivity contribution in [1.29, 1.82) is 0 Å². The highest BCUT2D eigenvalue weighted by molar-refractivity contribution is 6.44. The van der Waals surface area contributed by atoms with Crippen LogP contribution in [0.25, 0.3) is 0 Å². The van der Waals surface area contributed by atoms with Crippen molar-refractivity contribution in [2.75, 3.05) is 0 Å². The predicted octanol–water partition coefficient (Wildman–Crippen LogP) is 4.09. The Balaban J connectivity index is 3.51. The second kappa shape index (κ2) is 4.47. The van der Waals surface area contributed by atoms with E-state index >= 15 is 0 Å². The van der Waals surface area contributed by atoms with E-state index in [1.165, 1.54) is 0 Å². The third kappa shape index (κ3) is 2.56. The Hall–Kier alpha value is -1.01. The van der Waals surface area contributed by atoms with E-state index in [1.807, 2.05) is 0 Å². The van der Waals surface area contributed by atoms with Crippen LogP contribution in [0.3, 0.4) is 0 Å². The Morgan fingerprint density at radius 3 is 2.25 bits per heavy atom. The molecule has 0 aliphatic rings. The van der Waals surface area contributed by atoms with Gasteiger partial charge in [0.2, 0.25) is 0 Å². The fourth-order valence-corrected chi connectivity index (χ4v) is 1.65. The van der Waals surface area contributed by atoms with E-state index in [2.05, 4.69) is 0 Å². The second-order valence-corrected chi connectivity index (χ2v) is 3.89. The van der Waals surface area contributed by atoms with Crippen molar-refractivity contribution >= 4 is 28.9 Å². The van der Waals surface area contributed by atoms with Crippen molar-refractivity contribution in [2.45, 2.75) is 11.0 Å². The smallest absolute Gasteiger partial charge is 0.258 e. The zero-order valence-corrected chi connectivity index (χ0v) is 8.97. The van der Waals surface area contributed by atoms with Crippen molar-refractivity contribution in [3.8, 4) is 0 Å². The van der Waals surface area contributed by atoms with Gasteiger partial charge >= 0.3 is 6.18 Å². The van der Waals surface area contributed by atoms with Crippen molar-refractivity contribution in [2.24, 2.45) is 0 Å². The summed E-state index contributed by atoms with van der Waals surface area (Å²) in [6.45, 7) is 0. The molecular weight excluding hydrogens is 270 g/mol. The molecule has 0 atom stereocenters. The van der Waals surface area contributed by atoms with E-state index in [-0.39, 0.29) is 0 Å². The van der Waals surface area contributed by atoms with E-state index in [4.69, 9.17) is 23.2 Å². The molecule has 0 N–H and O–H groups in total. The number of alkyl halides is 5. The normalized spacial score (nSPS) is 11.9. The molecule has 0 radical (unpaired) electrons. The van der Waals surface area contributed by atoms with Gasteiger partial charge in [0.05, 0.1) is 16.1 Å². The van der Waals surface area contributed by atoms with Crippen molar-refractivity contribution in [3.05, 3.63) is 39.4 Å². The lowest BCUT2D eigenvalue weighted by Crippen LogP contribution is -2.11. The molecule has 0 aliphatic heterocycles. The van der Waals surface area contributed by atoms with E-state index in [0.29, 0.717) is 6.07 Å². The van der Waals surface area contributed by atoms with Crippen LogP contribution in [0.2, 0.25) is 0 Å². The number of hydrogen-bond donors (Lipinski definition) is 0. The zero-order valence-electron chi connectivity index (χ0n) is 7.46. The minimum absolute atomic E-state index is 0.695. The van der Waals surface area contributed by atoms with Crippen LogP contribution in [-0.2, 0) is 6.18 Å². The molecule has 1 rings (SSSR count). The van der Waals surface area contributed by atoms with Gasteiger partial charge in [0.15, 0.2) is 0 Å². The van der Waals surface area contributed by atoms with Crippen LogP contribution in [0.15, 0.2) is 18.2 Å². The molecule has 0 aromatic heterocycles. The number of nitrogens with zero attached hydrogens (tertiary/aromatic N) is 1. The first kappa shape index (κ1) is 13.1. The molecule has 0 aliphatic carbocycles. The van der Waals surface area contributed by atoms with E-state index in [0.717, 1.165) is 12.1 Å². The molecule has 1 aromatic rings. The predicted molar refractivity (Wildman–Crippen MR) is 52.5 cm³/mol. The molecule has 0 spiro atoms. The summed E-state index contributed by atoms with van der Waals surface area (Å²) in [6, 6.07) is 2.54. The van der Waals surface area contributed by atoms with Gasteiger partial charge in [-0.2, -0.15) is 13.2 Å². The number of benzene rings is 1. The highest BCUT2D eigenvalue weighted by Gasteiger charge is 2.38. The molecule has 0 saturated heterocycles. The number of nitro groups is 1. The largest absolute Gasteiger partial charge is 0.417 e. The van der Waals surface area contributed by atoms with Gasteiger partial charge in [-0.25, -0.2) is 0 Å². The monoisotopic (exact) mass is 273 g/mol. The van der Waals surface area contributed by atoms with Gasteiger partial charge in [-0.3, -0.25) is 10.1 Å². The number of hydrogen-bond acceptors (Lipinski definition) is 2. The number of rotatable bonds is 2. The van der Waals surface area contributed by atoms with Crippen LogP contribution in [0.4, 0.5) is 18.9 Å². The molecular formula is C8H4Cl2F3NO2. The maximum absolute atomic E-state index is 12.5. The van der Waals surface area contributed by atoms with Gasteiger partial charge in [-0.15, -0.1) is 0 Å². The van der Waals surface area contributed by atoms with Crippen LogP contribution >= 0.6 is 23.2 Å². The van der Waals surface area contributed by atoms with E-state index < -0.39 is 32.8 Å². The van der Waals surface area contributed by atoms with Gasteiger partial charge < -0.3 is 0 Å². The fourth-order valence-electron chi connectivity index (χ4n) is 1.19. The SMILES string of the molecule is O=[N+]([O-])c1cccc(C(F)(F)F)c1C(Cl)Cl. The Kier molecular flexibility index (Phi) is 3.64. The van der Waals surface area contributed by atoms with Crippen molar-refractivity contribution < 1.29 is 18.1 Å². The van der Waals surface area contributed by atoms with E-state index in [9.17, 15) is 23.3 Å². The van der Waals surface area contributed by atoms with Crippen LogP contribution in [0.5, 0.6) is 0 Å². The average Bonchev–Trinajstić information content (AvgIpc) is 2.14. The molecule has 0 bridgehead atoms. The highest BCUT2D eigenvalue weighted by atomic mass is 35.5.